The lowest BCUT2D eigenvalue weighted by Crippen LogP contribution is -2.13. The van der Waals surface area contributed by atoms with Crippen LogP contribution in [0.3, 0.4) is 0 Å². The summed E-state index contributed by atoms with van der Waals surface area (Å²) in [5.41, 5.74) is 2.15. The molecule has 0 atom stereocenters. The molecule has 0 bridgehead atoms. The minimum absolute atomic E-state index is 0.513. The van der Waals surface area contributed by atoms with Gasteiger partial charge in [-0.1, -0.05) is 13.0 Å². The highest BCUT2D eigenvalue weighted by atomic mass is 16.5. The van der Waals surface area contributed by atoms with Crippen LogP contribution in [0.1, 0.15) is 18.1 Å². The lowest BCUT2D eigenvalue weighted by molar-refractivity contribution is 0.301. The van der Waals surface area contributed by atoms with Crippen LogP contribution in [0.25, 0.3) is 0 Å². The van der Waals surface area contributed by atoms with Crippen LogP contribution in [0.4, 0.5) is 0 Å². The van der Waals surface area contributed by atoms with Gasteiger partial charge in [0.1, 0.15) is 18.1 Å². The third kappa shape index (κ3) is 3.96. The predicted molar refractivity (Wildman–Crippen MR) is 78.9 cm³/mol. The average molecular weight is 272 g/mol. The van der Waals surface area contributed by atoms with Gasteiger partial charge in [0.25, 0.3) is 0 Å². The Hall–Kier alpha value is -2.07. The van der Waals surface area contributed by atoms with Crippen molar-refractivity contribution >= 4 is 0 Å². The van der Waals surface area contributed by atoms with Gasteiger partial charge in [-0.3, -0.25) is 4.98 Å². The van der Waals surface area contributed by atoms with Gasteiger partial charge in [-0.2, -0.15) is 0 Å². The first kappa shape index (κ1) is 14.3. The lowest BCUT2D eigenvalue weighted by atomic mass is 10.2. The van der Waals surface area contributed by atoms with Gasteiger partial charge in [0.05, 0.1) is 7.11 Å². The molecule has 0 radical (unpaired) electrons. The van der Waals surface area contributed by atoms with Gasteiger partial charge in [-0.15, -0.1) is 0 Å². The summed E-state index contributed by atoms with van der Waals surface area (Å²) in [6.07, 6.45) is 3.57. The van der Waals surface area contributed by atoms with Crippen LogP contribution in [-0.4, -0.2) is 18.6 Å². The van der Waals surface area contributed by atoms with Crippen LogP contribution in [0.2, 0.25) is 0 Å². The standard InChI is InChI=1S/C16H20N2O2/c1-3-17-11-14-9-15(19-2)6-7-16(14)20-12-13-5-4-8-18-10-13/h4-10,17H,3,11-12H2,1-2H3. The van der Waals surface area contributed by atoms with Gasteiger partial charge in [0.15, 0.2) is 0 Å². The topological polar surface area (TPSA) is 43.4 Å². The molecule has 4 heteroatoms. The summed E-state index contributed by atoms with van der Waals surface area (Å²) in [6, 6.07) is 9.77. The highest BCUT2D eigenvalue weighted by Gasteiger charge is 2.06. The van der Waals surface area contributed by atoms with Gasteiger partial charge >= 0.3 is 0 Å². The summed E-state index contributed by atoms with van der Waals surface area (Å²) < 4.78 is 11.1. The van der Waals surface area contributed by atoms with E-state index in [1.54, 1.807) is 13.3 Å². The van der Waals surface area contributed by atoms with Crippen molar-refractivity contribution in [1.82, 2.24) is 10.3 Å². The van der Waals surface area contributed by atoms with Crippen LogP contribution in [-0.2, 0) is 13.2 Å². The second-order valence-corrected chi connectivity index (χ2v) is 4.40. The predicted octanol–water partition coefficient (Wildman–Crippen LogP) is 2.78. The fraction of sp³-hybridized carbons (Fsp3) is 0.312. The molecule has 0 aliphatic rings. The molecule has 20 heavy (non-hydrogen) atoms. The summed E-state index contributed by atoms with van der Waals surface area (Å²) in [5.74, 6) is 1.71. The monoisotopic (exact) mass is 272 g/mol. The molecule has 0 saturated carbocycles. The number of benzene rings is 1. The summed E-state index contributed by atoms with van der Waals surface area (Å²) in [7, 11) is 1.67. The molecule has 0 saturated heterocycles. The summed E-state index contributed by atoms with van der Waals surface area (Å²) in [6.45, 7) is 4.27. The summed E-state index contributed by atoms with van der Waals surface area (Å²) in [4.78, 5) is 4.08. The van der Waals surface area contributed by atoms with Crippen molar-refractivity contribution < 1.29 is 9.47 Å². The molecule has 0 spiro atoms. The molecule has 1 aromatic heterocycles. The van der Waals surface area contributed by atoms with Crippen molar-refractivity contribution in [3.63, 3.8) is 0 Å². The van der Waals surface area contributed by atoms with Crippen molar-refractivity contribution in [2.75, 3.05) is 13.7 Å². The highest BCUT2D eigenvalue weighted by molar-refractivity contribution is 5.40. The third-order valence-corrected chi connectivity index (χ3v) is 2.95. The normalized spacial score (nSPS) is 10.3. The lowest BCUT2D eigenvalue weighted by Gasteiger charge is -2.13. The first-order valence-electron chi connectivity index (χ1n) is 6.72. The maximum absolute atomic E-state index is 5.88. The van der Waals surface area contributed by atoms with E-state index in [-0.39, 0.29) is 0 Å². The van der Waals surface area contributed by atoms with Crippen LogP contribution in [0.5, 0.6) is 11.5 Å². The number of aromatic nitrogens is 1. The van der Waals surface area contributed by atoms with E-state index in [1.807, 2.05) is 36.5 Å². The van der Waals surface area contributed by atoms with E-state index in [1.165, 1.54) is 0 Å². The van der Waals surface area contributed by atoms with Gasteiger partial charge in [0.2, 0.25) is 0 Å². The van der Waals surface area contributed by atoms with Gasteiger partial charge < -0.3 is 14.8 Å². The number of hydrogen-bond acceptors (Lipinski definition) is 4. The Labute approximate surface area is 119 Å². The van der Waals surface area contributed by atoms with Gasteiger partial charge in [0, 0.05) is 30.1 Å². The number of nitrogens with zero attached hydrogens (tertiary/aromatic N) is 1. The SMILES string of the molecule is CCNCc1cc(OC)ccc1OCc1cccnc1. The van der Waals surface area contributed by atoms with E-state index in [9.17, 15) is 0 Å². The van der Waals surface area contributed by atoms with Crippen molar-refractivity contribution in [1.29, 1.82) is 0 Å². The molecule has 0 fully saturated rings. The molecule has 106 valence electrons. The number of hydrogen-bond donors (Lipinski definition) is 1. The van der Waals surface area contributed by atoms with E-state index in [4.69, 9.17) is 9.47 Å². The Morgan fingerprint density at radius 1 is 1.25 bits per heavy atom. The molecule has 2 rings (SSSR count). The van der Waals surface area contributed by atoms with E-state index in [2.05, 4.69) is 17.2 Å². The second kappa shape index (κ2) is 7.50. The van der Waals surface area contributed by atoms with E-state index in [0.717, 1.165) is 35.7 Å². The highest BCUT2D eigenvalue weighted by Crippen LogP contribution is 2.25. The number of rotatable bonds is 7. The average Bonchev–Trinajstić information content (AvgIpc) is 2.52. The minimum Gasteiger partial charge on any atom is -0.497 e. The smallest absolute Gasteiger partial charge is 0.124 e. The fourth-order valence-electron chi connectivity index (χ4n) is 1.87. The molecule has 1 aromatic carbocycles. The number of nitrogens with one attached hydrogen (secondary N) is 1. The molecule has 2 aromatic rings. The quantitative estimate of drug-likeness (QED) is 0.841. The molecule has 0 amide bonds. The number of methoxy groups -OCH3 is 1. The van der Waals surface area contributed by atoms with E-state index < -0.39 is 0 Å². The largest absolute Gasteiger partial charge is 0.497 e. The van der Waals surface area contributed by atoms with Gasteiger partial charge in [-0.05, 0) is 30.8 Å². The Bertz CT molecular complexity index is 529. The molecule has 4 nitrogen and oxygen atoms in total. The van der Waals surface area contributed by atoms with Crippen molar-refractivity contribution in [2.24, 2.45) is 0 Å². The van der Waals surface area contributed by atoms with Crippen molar-refractivity contribution in [3.8, 4) is 11.5 Å². The summed E-state index contributed by atoms with van der Waals surface area (Å²) in [5, 5.41) is 3.31. The van der Waals surface area contributed by atoms with Crippen LogP contribution < -0.4 is 14.8 Å². The van der Waals surface area contributed by atoms with Crippen molar-refractivity contribution in [3.05, 3.63) is 53.9 Å². The minimum atomic E-state index is 0.513. The molecule has 0 aliphatic carbocycles. The molecular formula is C16H20N2O2. The molecular weight excluding hydrogens is 252 g/mol. The van der Waals surface area contributed by atoms with Crippen LogP contribution in [0, 0.1) is 0 Å². The Balaban J connectivity index is 2.09. The zero-order valence-corrected chi connectivity index (χ0v) is 11.9. The summed E-state index contributed by atoms with van der Waals surface area (Å²) >= 11 is 0. The molecule has 0 unspecified atom stereocenters. The van der Waals surface area contributed by atoms with Crippen LogP contribution >= 0.6 is 0 Å². The second-order valence-electron chi connectivity index (χ2n) is 4.40. The van der Waals surface area contributed by atoms with E-state index in [0.29, 0.717) is 6.61 Å². The first-order valence-corrected chi connectivity index (χ1v) is 6.72. The zero-order chi connectivity index (χ0) is 14.2. The zero-order valence-electron chi connectivity index (χ0n) is 11.9. The maximum Gasteiger partial charge on any atom is 0.124 e. The fourth-order valence-corrected chi connectivity index (χ4v) is 1.87. The Kier molecular flexibility index (Phi) is 5.38. The van der Waals surface area contributed by atoms with E-state index >= 15 is 0 Å². The Morgan fingerprint density at radius 3 is 2.85 bits per heavy atom. The van der Waals surface area contributed by atoms with Gasteiger partial charge in [-0.25, -0.2) is 0 Å². The molecule has 1 N–H and O–H groups in total. The maximum atomic E-state index is 5.88. The number of pyridine rings is 1. The molecule has 0 aliphatic heterocycles. The third-order valence-electron chi connectivity index (χ3n) is 2.95. The van der Waals surface area contributed by atoms with Crippen LogP contribution in [0.15, 0.2) is 42.7 Å². The van der Waals surface area contributed by atoms with Crippen molar-refractivity contribution in [2.45, 2.75) is 20.1 Å². The number of ether oxygens (including phenoxy) is 2. The molecule has 1 heterocycles. The first-order chi connectivity index (χ1) is 9.83. The Morgan fingerprint density at radius 2 is 2.15 bits per heavy atom.